The van der Waals surface area contributed by atoms with Crippen molar-refractivity contribution >= 4 is 17.7 Å². The maximum absolute atomic E-state index is 6.60. The minimum atomic E-state index is -0.663. The van der Waals surface area contributed by atoms with Crippen molar-refractivity contribution in [3.05, 3.63) is 70.8 Å². The summed E-state index contributed by atoms with van der Waals surface area (Å²) in [6.07, 6.45) is 2.35. The summed E-state index contributed by atoms with van der Waals surface area (Å²) < 4.78 is 19.3. The van der Waals surface area contributed by atoms with E-state index in [0.717, 1.165) is 18.7 Å². The number of nitrogens with zero attached hydrogens (tertiary/aromatic N) is 3. The van der Waals surface area contributed by atoms with Crippen molar-refractivity contribution in [3.8, 4) is 0 Å². The van der Waals surface area contributed by atoms with Crippen LogP contribution in [0.15, 0.2) is 63.5 Å². The highest BCUT2D eigenvalue weighted by Crippen LogP contribution is 2.48. The first-order valence-electron chi connectivity index (χ1n) is 12.8. The largest absolute Gasteiger partial charge is 0.479 e. The Bertz CT molecular complexity index is 1200. The van der Waals surface area contributed by atoms with E-state index in [1.807, 2.05) is 0 Å². The van der Waals surface area contributed by atoms with E-state index >= 15 is 0 Å². The van der Waals surface area contributed by atoms with Crippen LogP contribution in [0.25, 0.3) is 0 Å². The fourth-order valence-corrected chi connectivity index (χ4v) is 6.16. The van der Waals surface area contributed by atoms with Crippen molar-refractivity contribution in [1.29, 1.82) is 0 Å². The van der Waals surface area contributed by atoms with Crippen molar-refractivity contribution in [1.82, 2.24) is 0 Å². The molecule has 0 N–H and O–H groups in total. The number of benzene rings is 2. The van der Waals surface area contributed by atoms with E-state index in [9.17, 15) is 0 Å². The molecular weight excluding hydrogens is 438 g/mol. The van der Waals surface area contributed by atoms with E-state index in [1.54, 1.807) is 0 Å². The predicted molar refractivity (Wildman–Crippen MR) is 135 cm³/mol. The van der Waals surface area contributed by atoms with Crippen LogP contribution in [0.3, 0.4) is 0 Å². The zero-order chi connectivity index (χ0) is 23.7. The van der Waals surface area contributed by atoms with Crippen LogP contribution < -0.4 is 0 Å². The highest BCUT2D eigenvalue weighted by molar-refractivity contribution is 6.09. The molecule has 0 unspecified atom stereocenters. The second-order valence-corrected chi connectivity index (χ2v) is 11.0. The molecule has 180 valence electrons. The molecule has 0 bridgehead atoms. The van der Waals surface area contributed by atoms with Gasteiger partial charge in [0.15, 0.2) is 5.90 Å². The average molecular weight is 470 g/mol. The van der Waals surface area contributed by atoms with Crippen molar-refractivity contribution in [2.75, 3.05) is 6.61 Å². The van der Waals surface area contributed by atoms with Gasteiger partial charge >= 0.3 is 0 Å². The zero-order valence-corrected chi connectivity index (χ0v) is 20.5. The third-order valence-electron chi connectivity index (χ3n) is 8.28. The van der Waals surface area contributed by atoms with Crippen LogP contribution in [0.5, 0.6) is 0 Å². The second kappa shape index (κ2) is 7.67. The first-order chi connectivity index (χ1) is 17.0. The quantitative estimate of drug-likeness (QED) is 0.617. The minimum absolute atomic E-state index is 0.0256. The molecule has 2 aliphatic carbocycles. The highest BCUT2D eigenvalue weighted by atomic mass is 16.5. The Morgan fingerprint density at radius 3 is 1.89 bits per heavy atom. The Labute approximate surface area is 206 Å². The van der Waals surface area contributed by atoms with Gasteiger partial charge in [0, 0.05) is 19.3 Å². The molecule has 0 amide bonds. The summed E-state index contributed by atoms with van der Waals surface area (Å²) in [6, 6.07) is 17.3. The molecule has 0 spiro atoms. The first-order valence-corrected chi connectivity index (χ1v) is 12.8. The predicted octanol–water partition coefficient (Wildman–Crippen LogP) is 5.03. The molecule has 2 aromatic rings. The number of ether oxygens (including phenoxy) is 3. The zero-order valence-electron chi connectivity index (χ0n) is 20.5. The summed E-state index contributed by atoms with van der Waals surface area (Å²) >= 11 is 0. The number of fused-ring (bicyclic) bond motifs is 6. The normalized spacial score (nSPS) is 29.9. The van der Waals surface area contributed by atoms with Crippen LogP contribution in [0, 0.1) is 11.3 Å². The Kier molecular flexibility index (Phi) is 4.64. The van der Waals surface area contributed by atoms with Gasteiger partial charge in [-0.25, -0.2) is 15.0 Å². The Hall–Kier alpha value is -3.15. The van der Waals surface area contributed by atoms with E-state index in [4.69, 9.17) is 29.2 Å². The van der Waals surface area contributed by atoms with Crippen LogP contribution in [-0.4, -0.2) is 42.5 Å². The minimum Gasteiger partial charge on any atom is -0.479 e. The lowest BCUT2D eigenvalue weighted by Crippen LogP contribution is -2.41. The maximum atomic E-state index is 6.60. The molecule has 0 saturated carbocycles. The van der Waals surface area contributed by atoms with E-state index in [-0.39, 0.29) is 30.3 Å². The van der Waals surface area contributed by atoms with Gasteiger partial charge in [0.2, 0.25) is 11.8 Å². The van der Waals surface area contributed by atoms with Gasteiger partial charge in [-0.2, -0.15) is 0 Å². The fraction of sp³-hybridized carbons (Fsp3) is 0.483. The van der Waals surface area contributed by atoms with Crippen molar-refractivity contribution in [2.45, 2.75) is 70.4 Å². The molecule has 35 heavy (non-hydrogen) atoms. The molecule has 0 radical (unpaired) electrons. The monoisotopic (exact) mass is 469 g/mol. The SMILES string of the molecule is CC(C)[C@H]1COC(CC(C)(C2=N[C@H]3c4ccccc4C[C@H]3O2)C2=N[C@H]3c4ccccc4C[C@H]3O2)=N1. The Morgan fingerprint density at radius 1 is 0.829 bits per heavy atom. The summed E-state index contributed by atoms with van der Waals surface area (Å²) in [5.74, 6) is 2.59. The van der Waals surface area contributed by atoms with Crippen molar-refractivity contribution in [3.63, 3.8) is 0 Å². The van der Waals surface area contributed by atoms with Gasteiger partial charge in [0.1, 0.15) is 36.3 Å². The first kappa shape index (κ1) is 21.2. The molecule has 6 nitrogen and oxygen atoms in total. The lowest BCUT2D eigenvalue weighted by atomic mass is 9.85. The van der Waals surface area contributed by atoms with Crippen LogP contribution >= 0.6 is 0 Å². The topological polar surface area (TPSA) is 64.8 Å². The number of hydrogen-bond donors (Lipinski definition) is 0. The molecule has 5 aliphatic rings. The van der Waals surface area contributed by atoms with Crippen LogP contribution in [0.2, 0.25) is 0 Å². The molecule has 0 saturated heterocycles. The summed E-state index contributed by atoms with van der Waals surface area (Å²) in [4.78, 5) is 15.2. The molecule has 5 atom stereocenters. The summed E-state index contributed by atoms with van der Waals surface area (Å²) in [6.45, 7) is 7.14. The molecule has 6 heteroatoms. The lowest BCUT2D eigenvalue weighted by Gasteiger charge is -2.29. The third kappa shape index (κ3) is 3.25. The van der Waals surface area contributed by atoms with Gasteiger partial charge < -0.3 is 14.2 Å². The third-order valence-corrected chi connectivity index (χ3v) is 8.28. The van der Waals surface area contributed by atoms with Gasteiger partial charge in [0.05, 0.1) is 6.04 Å². The van der Waals surface area contributed by atoms with Crippen LogP contribution in [-0.2, 0) is 27.1 Å². The number of aliphatic imine (C=N–C) groups is 3. The smallest absolute Gasteiger partial charge is 0.200 e. The molecule has 2 aromatic carbocycles. The summed E-state index contributed by atoms with van der Waals surface area (Å²) in [7, 11) is 0. The highest BCUT2D eigenvalue weighted by Gasteiger charge is 2.53. The van der Waals surface area contributed by atoms with Gasteiger partial charge in [-0.1, -0.05) is 62.4 Å². The summed E-state index contributed by atoms with van der Waals surface area (Å²) in [5, 5.41) is 0. The van der Waals surface area contributed by atoms with Gasteiger partial charge in [0.25, 0.3) is 0 Å². The van der Waals surface area contributed by atoms with Crippen molar-refractivity contribution < 1.29 is 14.2 Å². The number of rotatable bonds is 5. The summed E-state index contributed by atoms with van der Waals surface area (Å²) in [5.41, 5.74) is 4.53. The van der Waals surface area contributed by atoms with E-state index in [2.05, 4.69) is 69.3 Å². The standard InChI is InChI=1S/C29H31N3O3/c1-16(2)21-15-33-24(30-21)14-29(3,27-31-25-19-10-6-4-8-17(19)12-22(25)34-27)28-32-26-20-11-7-5-9-18(20)13-23(26)35-28/h4-11,16,21-23,25-26H,12-15H2,1-3H3/t21-,22-,23-,25+,26+/m1/s1. The van der Waals surface area contributed by atoms with Gasteiger partial charge in [-0.15, -0.1) is 0 Å². The Balaban J connectivity index is 1.26. The Morgan fingerprint density at radius 2 is 1.37 bits per heavy atom. The average Bonchev–Trinajstić information content (AvgIpc) is 3.63. The molecule has 0 aromatic heterocycles. The number of hydrogen-bond acceptors (Lipinski definition) is 6. The lowest BCUT2D eigenvalue weighted by molar-refractivity contribution is 0.166. The molecule has 7 rings (SSSR count). The van der Waals surface area contributed by atoms with Crippen LogP contribution in [0.4, 0.5) is 0 Å². The van der Waals surface area contributed by atoms with Gasteiger partial charge in [-0.05, 0) is 35.1 Å². The molecule has 0 fully saturated rings. The van der Waals surface area contributed by atoms with Gasteiger partial charge in [-0.3, -0.25) is 0 Å². The molecule has 3 heterocycles. The van der Waals surface area contributed by atoms with E-state index < -0.39 is 5.41 Å². The maximum Gasteiger partial charge on any atom is 0.200 e. The van der Waals surface area contributed by atoms with E-state index in [1.165, 1.54) is 22.3 Å². The van der Waals surface area contributed by atoms with Crippen LogP contribution in [0.1, 0.15) is 61.5 Å². The molecule has 3 aliphatic heterocycles. The van der Waals surface area contributed by atoms with Crippen molar-refractivity contribution in [2.24, 2.45) is 26.3 Å². The second-order valence-electron chi connectivity index (χ2n) is 11.0. The van der Waals surface area contributed by atoms with E-state index in [0.29, 0.717) is 30.7 Å². The fourth-order valence-electron chi connectivity index (χ4n) is 6.16. The molecular formula is C29H31N3O3.